The van der Waals surface area contributed by atoms with Gasteiger partial charge in [0.15, 0.2) is 0 Å². The van der Waals surface area contributed by atoms with Gasteiger partial charge in [-0.3, -0.25) is 14.9 Å². The molecule has 1 unspecified atom stereocenters. The first-order valence-corrected chi connectivity index (χ1v) is 6.41. The number of anilines is 1. The molecule has 0 aromatic heterocycles. The van der Waals surface area contributed by atoms with Crippen LogP contribution in [-0.4, -0.2) is 38.2 Å². The van der Waals surface area contributed by atoms with Gasteiger partial charge in [0.05, 0.1) is 25.9 Å². The maximum Gasteiger partial charge on any atom is 0.322 e. The van der Waals surface area contributed by atoms with E-state index in [4.69, 9.17) is 9.47 Å². The predicted molar refractivity (Wildman–Crippen MR) is 75.7 cm³/mol. The Balaban J connectivity index is 2.46. The second-order valence-corrected chi connectivity index (χ2v) is 4.10. The van der Waals surface area contributed by atoms with Crippen LogP contribution in [0.3, 0.4) is 0 Å². The van der Waals surface area contributed by atoms with Gasteiger partial charge in [-0.25, -0.2) is 0 Å². The number of benzene rings is 1. The van der Waals surface area contributed by atoms with E-state index >= 15 is 0 Å². The lowest BCUT2D eigenvalue weighted by Gasteiger charge is -2.13. The first kappa shape index (κ1) is 16.0. The van der Waals surface area contributed by atoms with Crippen molar-refractivity contribution < 1.29 is 19.1 Å². The molecule has 0 aliphatic rings. The van der Waals surface area contributed by atoms with E-state index in [0.717, 1.165) is 0 Å². The first-order chi connectivity index (χ1) is 9.58. The summed E-state index contributed by atoms with van der Waals surface area (Å²) >= 11 is 0. The molecule has 0 aliphatic carbocycles. The minimum atomic E-state index is -0.529. The lowest BCUT2D eigenvalue weighted by atomic mass is 10.3. The maximum atomic E-state index is 11.8. The minimum absolute atomic E-state index is 0.0119. The molecule has 110 valence electrons. The van der Waals surface area contributed by atoms with Crippen LogP contribution < -0.4 is 15.4 Å². The van der Waals surface area contributed by atoms with Gasteiger partial charge in [-0.2, -0.15) is 0 Å². The van der Waals surface area contributed by atoms with Crippen molar-refractivity contribution in [3.8, 4) is 5.75 Å². The van der Waals surface area contributed by atoms with E-state index in [2.05, 4.69) is 10.6 Å². The highest BCUT2D eigenvalue weighted by Crippen LogP contribution is 2.22. The Kier molecular flexibility index (Phi) is 6.52. The fourth-order valence-corrected chi connectivity index (χ4v) is 1.54. The van der Waals surface area contributed by atoms with Crippen molar-refractivity contribution >= 4 is 17.6 Å². The summed E-state index contributed by atoms with van der Waals surface area (Å²) in [7, 11) is 1.53. The Labute approximate surface area is 118 Å². The smallest absolute Gasteiger partial charge is 0.322 e. The SMILES string of the molecule is CCOC(=O)C(C)NCC(=O)Nc1ccccc1OC. The number of esters is 1. The van der Waals surface area contributed by atoms with Gasteiger partial charge in [0.2, 0.25) is 5.91 Å². The summed E-state index contributed by atoms with van der Waals surface area (Å²) in [5, 5.41) is 5.51. The van der Waals surface area contributed by atoms with Gasteiger partial charge >= 0.3 is 5.97 Å². The summed E-state index contributed by atoms with van der Waals surface area (Å²) in [6, 6.07) is 6.58. The van der Waals surface area contributed by atoms with Crippen molar-refractivity contribution in [1.82, 2.24) is 5.32 Å². The quantitative estimate of drug-likeness (QED) is 0.733. The molecule has 6 heteroatoms. The summed E-state index contributed by atoms with van der Waals surface area (Å²) in [6.45, 7) is 3.71. The summed E-state index contributed by atoms with van der Waals surface area (Å²) < 4.78 is 9.97. The zero-order valence-corrected chi connectivity index (χ0v) is 11.9. The summed E-state index contributed by atoms with van der Waals surface area (Å²) in [5.74, 6) is -0.0532. The molecule has 20 heavy (non-hydrogen) atoms. The summed E-state index contributed by atoms with van der Waals surface area (Å²) in [6.07, 6.45) is 0. The monoisotopic (exact) mass is 280 g/mol. The molecule has 0 bridgehead atoms. The third-order valence-electron chi connectivity index (χ3n) is 2.59. The van der Waals surface area contributed by atoms with E-state index in [-0.39, 0.29) is 18.4 Å². The predicted octanol–water partition coefficient (Wildman–Crippen LogP) is 1.17. The van der Waals surface area contributed by atoms with Gasteiger partial charge in [-0.05, 0) is 26.0 Å². The third kappa shape index (κ3) is 4.89. The summed E-state index contributed by atoms with van der Waals surface area (Å²) in [4.78, 5) is 23.2. The van der Waals surface area contributed by atoms with Crippen molar-refractivity contribution in [2.75, 3.05) is 25.6 Å². The van der Waals surface area contributed by atoms with Crippen LogP contribution in [0.15, 0.2) is 24.3 Å². The van der Waals surface area contributed by atoms with Crippen LogP contribution in [0.5, 0.6) is 5.75 Å². The van der Waals surface area contributed by atoms with Crippen LogP contribution in [0, 0.1) is 0 Å². The van der Waals surface area contributed by atoms with Crippen molar-refractivity contribution in [3.63, 3.8) is 0 Å². The Morgan fingerprint density at radius 2 is 2.00 bits per heavy atom. The van der Waals surface area contributed by atoms with Gasteiger partial charge in [-0.15, -0.1) is 0 Å². The number of hydrogen-bond acceptors (Lipinski definition) is 5. The first-order valence-electron chi connectivity index (χ1n) is 6.41. The van der Waals surface area contributed by atoms with Crippen LogP contribution in [0.25, 0.3) is 0 Å². The molecule has 0 saturated carbocycles. The molecule has 6 nitrogen and oxygen atoms in total. The average molecular weight is 280 g/mol. The molecule has 0 heterocycles. The number of rotatable bonds is 7. The average Bonchev–Trinajstić information content (AvgIpc) is 2.45. The van der Waals surface area contributed by atoms with Gasteiger partial charge in [0.25, 0.3) is 0 Å². The number of nitrogens with one attached hydrogen (secondary N) is 2. The maximum absolute atomic E-state index is 11.8. The molecule has 2 N–H and O–H groups in total. The van der Waals surface area contributed by atoms with Crippen molar-refractivity contribution in [2.45, 2.75) is 19.9 Å². The molecule has 1 aromatic rings. The zero-order valence-electron chi connectivity index (χ0n) is 11.9. The van der Waals surface area contributed by atoms with E-state index in [1.54, 1.807) is 32.0 Å². The number of carbonyl (C=O) groups excluding carboxylic acids is 2. The number of para-hydroxylation sites is 2. The Hall–Kier alpha value is -2.08. The largest absolute Gasteiger partial charge is 0.495 e. The van der Waals surface area contributed by atoms with Crippen LogP contribution in [0.2, 0.25) is 0 Å². The number of carbonyl (C=O) groups is 2. The molecule has 0 aliphatic heterocycles. The van der Waals surface area contributed by atoms with E-state index in [0.29, 0.717) is 18.0 Å². The molecule has 1 amide bonds. The number of ether oxygens (including phenoxy) is 2. The highest BCUT2D eigenvalue weighted by Gasteiger charge is 2.15. The van der Waals surface area contributed by atoms with Crippen LogP contribution in [-0.2, 0) is 14.3 Å². The van der Waals surface area contributed by atoms with E-state index < -0.39 is 6.04 Å². The van der Waals surface area contributed by atoms with Crippen LogP contribution in [0.4, 0.5) is 5.69 Å². The minimum Gasteiger partial charge on any atom is -0.495 e. The van der Waals surface area contributed by atoms with E-state index in [9.17, 15) is 9.59 Å². The fourth-order valence-electron chi connectivity index (χ4n) is 1.54. The second kappa shape index (κ2) is 8.16. The Morgan fingerprint density at radius 3 is 2.65 bits per heavy atom. The molecule has 0 radical (unpaired) electrons. The van der Waals surface area contributed by atoms with Gasteiger partial charge < -0.3 is 14.8 Å². The lowest BCUT2D eigenvalue weighted by Crippen LogP contribution is -2.40. The van der Waals surface area contributed by atoms with Crippen molar-refractivity contribution in [2.24, 2.45) is 0 Å². The molecule has 1 atom stereocenters. The third-order valence-corrected chi connectivity index (χ3v) is 2.59. The second-order valence-electron chi connectivity index (χ2n) is 4.10. The Morgan fingerprint density at radius 1 is 1.30 bits per heavy atom. The standard InChI is InChI=1S/C14H20N2O4/c1-4-20-14(18)10(2)15-9-13(17)16-11-7-5-6-8-12(11)19-3/h5-8,10,15H,4,9H2,1-3H3,(H,16,17). The normalized spacial score (nSPS) is 11.6. The zero-order chi connectivity index (χ0) is 15.0. The van der Waals surface area contributed by atoms with Crippen molar-refractivity contribution in [3.05, 3.63) is 24.3 Å². The number of methoxy groups -OCH3 is 1. The van der Waals surface area contributed by atoms with E-state index in [1.165, 1.54) is 7.11 Å². The Bertz CT molecular complexity index is 462. The molecule has 0 spiro atoms. The molecule has 0 fully saturated rings. The van der Waals surface area contributed by atoms with Gasteiger partial charge in [0.1, 0.15) is 11.8 Å². The molecule has 1 aromatic carbocycles. The topological polar surface area (TPSA) is 76.7 Å². The number of hydrogen-bond donors (Lipinski definition) is 2. The lowest BCUT2D eigenvalue weighted by molar-refractivity contribution is -0.145. The van der Waals surface area contributed by atoms with Gasteiger partial charge in [0, 0.05) is 0 Å². The summed E-state index contributed by atoms with van der Waals surface area (Å²) in [5.41, 5.74) is 0.589. The molecular weight excluding hydrogens is 260 g/mol. The fraction of sp³-hybridized carbons (Fsp3) is 0.429. The van der Waals surface area contributed by atoms with Crippen molar-refractivity contribution in [1.29, 1.82) is 0 Å². The van der Waals surface area contributed by atoms with E-state index in [1.807, 2.05) is 6.07 Å². The molecule has 0 saturated heterocycles. The van der Waals surface area contributed by atoms with Gasteiger partial charge in [-0.1, -0.05) is 12.1 Å². The number of amides is 1. The van der Waals surface area contributed by atoms with Crippen LogP contribution in [0.1, 0.15) is 13.8 Å². The van der Waals surface area contributed by atoms with Crippen LogP contribution >= 0.6 is 0 Å². The molecule has 1 rings (SSSR count). The highest BCUT2D eigenvalue weighted by molar-refractivity contribution is 5.94. The molecular formula is C14H20N2O4. The highest BCUT2D eigenvalue weighted by atomic mass is 16.5.